The zero-order valence-electron chi connectivity index (χ0n) is 20.7. The van der Waals surface area contributed by atoms with E-state index in [1.165, 1.54) is 12.3 Å². The first-order chi connectivity index (χ1) is 18.8. The van der Waals surface area contributed by atoms with Gasteiger partial charge in [-0.3, -0.25) is 14.4 Å². The lowest BCUT2D eigenvalue weighted by Gasteiger charge is -2.19. The Labute approximate surface area is 223 Å². The summed E-state index contributed by atoms with van der Waals surface area (Å²) in [6, 6.07) is 12.4. The molecule has 0 unspecified atom stereocenters. The van der Waals surface area contributed by atoms with Gasteiger partial charge < -0.3 is 26.3 Å². The van der Waals surface area contributed by atoms with Crippen molar-refractivity contribution in [1.29, 1.82) is 0 Å². The number of nitrogens with two attached hydrogens (primary N) is 1. The van der Waals surface area contributed by atoms with E-state index in [0.717, 1.165) is 40.1 Å². The molecule has 8 nitrogen and oxygen atoms in total. The highest BCUT2D eigenvalue weighted by Crippen LogP contribution is 2.33. The molecule has 1 aliphatic rings. The number of carbonyl (C=O) groups is 3. The number of halogens is 2. The second kappa shape index (κ2) is 11.9. The number of aromatic amines is 1. The van der Waals surface area contributed by atoms with Crippen LogP contribution in [-0.4, -0.2) is 34.2 Å². The van der Waals surface area contributed by atoms with Gasteiger partial charge in [-0.05, 0) is 47.5 Å². The topological polar surface area (TPSA) is 120 Å². The van der Waals surface area contributed by atoms with Gasteiger partial charge >= 0.3 is 0 Å². The summed E-state index contributed by atoms with van der Waals surface area (Å²) < 4.78 is 26.7. The lowest BCUT2D eigenvalue weighted by Crippen LogP contribution is -2.35. The van der Waals surface area contributed by atoms with Crippen LogP contribution in [0.1, 0.15) is 22.4 Å². The molecular weight excluding hydrogens is 504 g/mol. The molecule has 2 heterocycles. The van der Waals surface area contributed by atoms with Crippen LogP contribution in [-0.2, 0) is 20.9 Å². The minimum absolute atomic E-state index is 0.0855. The first-order valence-corrected chi connectivity index (χ1v) is 11.9. The number of fused-ring (bicyclic) bond motifs is 1. The molecule has 0 saturated heterocycles. The van der Waals surface area contributed by atoms with Crippen molar-refractivity contribution in [1.82, 2.24) is 15.2 Å². The summed E-state index contributed by atoms with van der Waals surface area (Å²) in [4.78, 5) is 42.0. The Hall–Kier alpha value is -5.25. The highest BCUT2D eigenvalue weighted by molar-refractivity contribution is 6.34. The smallest absolute Gasteiger partial charge is 0.265 e. The first-order valence-electron chi connectivity index (χ1n) is 11.9. The molecule has 0 radical (unpaired) electrons. The van der Waals surface area contributed by atoms with Crippen LogP contribution in [0.25, 0.3) is 17.7 Å². The van der Waals surface area contributed by atoms with Crippen LogP contribution in [0.15, 0.2) is 85.4 Å². The molecule has 0 fully saturated rings. The number of anilines is 1. The zero-order chi connectivity index (χ0) is 27.9. The summed E-state index contributed by atoms with van der Waals surface area (Å²) in [5.41, 5.74) is 9.13. The summed E-state index contributed by atoms with van der Waals surface area (Å²) in [5, 5.41) is 5.44. The van der Waals surface area contributed by atoms with Crippen LogP contribution in [0.4, 0.5) is 14.5 Å². The summed E-state index contributed by atoms with van der Waals surface area (Å²) in [6.45, 7) is 3.50. The predicted molar refractivity (Wildman–Crippen MR) is 145 cm³/mol. The van der Waals surface area contributed by atoms with Crippen LogP contribution in [0.2, 0.25) is 0 Å². The SMILES string of the molecule is C=CN(Cc1ccc(F)c(F)c1)C(=O)/C(=C\N)C(=O)NC/C=C/c1ccc2c(c1)NC(=O)/C2=C\c1ccc[nH]1. The molecule has 2 aromatic carbocycles. The van der Waals surface area contributed by atoms with E-state index >= 15 is 0 Å². The largest absolute Gasteiger partial charge is 0.404 e. The maximum Gasteiger partial charge on any atom is 0.265 e. The van der Waals surface area contributed by atoms with Gasteiger partial charge in [0, 0.05) is 42.1 Å². The maximum atomic E-state index is 13.5. The number of aromatic nitrogens is 1. The van der Waals surface area contributed by atoms with Crippen LogP contribution in [0.3, 0.4) is 0 Å². The minimum atomic E-state index is -1.05. The van der Waals surface area contributed by atoms with Gasteiger partial charge in [0.05, 0.1) is 12.1 Å². The molecule has 5 N–H and O–H groups in total. The number of rotatable bonds is 9. The molecule has 198 valence electrons. The summed E-state index contributed by atoms with van der Waals surface area (Å²) in [5.74, 6) is -3.73. The third kappa shape index (κ3) is 6.19. The average molecular weight is 530 g/mol. The van der Waals surface area contributed by atoms with Crippen molar-refractivity contribution in [2.75, 3.05) is 11.9 Å². The quantitative estimate of drug-likeness (QED) is 0.191. The van der Waals surface area contributed by atoms with Gasteiger partial charge in [0.25, 0.3) is 17.7 Å². The van der Waals surface area contributed by atoms with E-state index in [9.17, 15) is 23.2 Å². The van der Waals surface area contributed by atoms with Gasteiger partial charge in [-0.1, -0.05) is 36.9 Å². The lowest BCUT2D eigenvalue weighted by atomic mass is 10.0. The van der Waals surface area contributed by atoms with E-state index in [1.807, 2.05) is 30.3 Å². The molecule has 1 aliphatic heterocycles. The number of carbonyl (C=O) groups excluding carboxylic acids is 3. The number of H-pyrrole nitrogens is 1. The Morgan fingerprint density at radius 2 is 1.92 bits per heavy atom. The summed E-state index contributed by atoms with van der Waals surface area (Å²) in [6.07, 6.45) is 9.04. The van der Waals surface area contributed by atoms with E-state index in [4.69, 9.17) is 5.73 Å². The van der Waals surface area contributed by atoms with Crippen molar-refractivity contribution < 1.29 is 23.2 Å². The highest BCUT2D eigenvalue weighted by atomic mass is 19.2. The van der Waals surface area contributed by atoms with Crippen molar-refractivity contribution in [2.45, 2.75) is 6.54 Å². The number of amides is 3. The molecule has 0 saturated carbocycles. The number of hydrogen-bond donors (Lipinski definition) is 4. The van der Waals surface area contributed by atoms with Crippen molar-refractivity contribution in [3.63, 3.8) is 0 Å². The average Bonchev–Trinajstić information content (AvgIpc) is 3.55. The first kappa shape index (κ1) is 26.8. The Kier molecular flexibility index (Phi) is 8.15. The number of benzene rings is 2. The standard InChI is InChI=1S/C29H25F2N5O3/c1-2-36(17-19-8-10-24(30)25(31)13-19)29(39)23(16-32)27(37)34-12-3-5-18-7-9-21-22(15-20-6-4-11-33-20)28(38)35-26(21)14-18/h2-11,13-16,33H,1,12,17,32H2,(H,34,37)(H,35,38)/b5-3+,22-15-,23-16-. The molecule has 0 atom stereocenters. The summed E-state index contributed by atoms with van der Waals surface area (Å²) in [7, 11) is 0. The molecule has 0 bridgehead atoms. The number of hydrogen-bond acceptors (Lipinski definition) is 4. The van der Waals surface area contributed by atoms with E-state index in [2.05, 4.69) is 22.2 Å². The van der Waals surface area contributed by atoms with Crippen molar-refractivity contribution in [2.24, 2.45) is 5.73 Å². The predicted octanol–water partition coefficient (Wildman–Crippen LogP) is 3.93. The molecule has 10 heteroatoms. The molecule has 3 amide bonds. The van der Waals surface area contributed by atoms with Crippen molar-refractivity contribution in [3.05, 3.63) is 119 Å². The Morgan fingerprint density at radius 3 is 2.62 bits per heavy atom. The third-order valence-electron chi connectivity index (χ3n) is 5.90. The van der Waals surface area contributed by atoms with Gasteiger partial charge in [-0.2, -0.15) is 0 Å². The van der Waals surface area contributed by atoms with E-state index < -0.39 is 23.4 Å². The Morgan fingerprint density at radius 1 is 1.10 bits per heavy atom. The summed E-state index contributed by atoms with van der Waals surface area (Å²) >= 11 is 0. The van der Waals surface area contributed by atoms with Gasteiger partial charge in [0.1, 0.15) is 5.57 Å². The Balaban J connectivity index is 1.36. The van der Waals surface area contributed by atoms with Crippen LogP contribution >= 0.6 is 0 Å². The maximum absolute atomic E-state index is 13.5. The fourth-order valence-corrected chi connectivity index (χ4v) is 3.94. The van der Waals surface area contributed by atoms with Crippen LogP contribution in [0.5, 0.6) is 0 Å². The fourth-order valence-electron chi connectivity index (χ4n) is 3.94. The third-order valence-corrected chi connectivity index (χ3v) is 5.90. The lowest BCUT2D eigenvalue weighted by molar-refractivity contribution is -0.128. The second-order valence-electron chi connectivity index (χ2n) is 8.50. The molecule has 4 rings (SSSR count). The molecule has 1 aromatic heterocycles. The number of nitrogens with zero attached hydrogens (tertiary/aromatic N) is 1. The van der Waals surface area contributed by atoms with Crippen LogP contribution in [0, 0.1) is 11.6 Å². The zero-order valence-corrected chi connectivity index (χ0v) is 20.7. The van der Waals surface area contributed by atoms with Gasteiger partial charge in [-0.25, -0.2) is 8.78 Å². The van der Waals surface area contributed by atoms with Gasteiger partial charge in [-0.15, -0.1) is 0 Å². The molecule has 39 heavy (non-hydrogen) atoms. The molecule has 0 aliphatic carbocycles. The molecular formula is C29H25F2N5O3. The normalized spacial score (nSPS) is 13.8. The van der Waals surface area contributed by atoms with Crippen LogP contribution < -0.4 is 16.4 Å². The molecule has 3 aromatic rings. The van der Waals surface area contributed by atoms with Gasteiger partial charge in [0.2, 0.25) is 0 Å². The van der Waals surface area contributed by atoms with E-state index in [1.54, 1.807) is 24.4 Å². The fraction of sp³-hybridized carbons (Fsp3) is 0.0690. The van der Waals surface area contributed by atoms with Crippen molar-refractivity contribution in [3.8, 4) is 0 Å². The minimum Gasteiger partial charge on any atom is -0.404 e. The van der Waals surface area contributed by atoms with Gasteiger partial charge in [0.15, 0.2) is 11.6 Å². The number of nitrogens with one attached hydrogen (secondary N) is 3. The van der Waals surface area contributed by atoms with E-state index in [-0.39, 0.29) is 24.6 Å². The Bertz CT molecular complexity index is 1520. The molecule has 0 spiro atoms. The second-order valence-corrected chi connectivity index (χ2v) is 8.50. The highest BCUT2D eigenvalue weighted by Gasteiger charge is 2.24. The monoisotopic (exact) mass is 529 g/mol. The van der Waals surface area contributed by atoms with Crippen molar-refractivity contribution >= 4 is 41.1 Å². The van der Waals surface area contributed by atoms with E-state index in [0.29, 0.717) is 16.8 Å².